The second-order valence-corrected chi connectivity index (χ2v) is 3.99. The van der Waals surface area contributed by atoms with Gasteiger partial charge in [-0.1, -0.05) is 13.8 Å². The normalized spacial score (nSPS) is 10.8. The van der Waals surface area contributed by atoms with Gasteiger partial charge in [-0.05, 0) is 28.9 Å². The molecule has 0 fully saturated rings. The minimum atomic E-state index is 0.364. The zero-order valence-corrected chi connectivity index (χ0v) is 9.50. The van der Waals surface area contributed by atoms with Gasteiger partial charge in [0, 0.05) is 17.7 Å². The molecular formula is C9H14BrN3. The summed E-state index contributed by atoms with van der Waals surface area (Å²) in [7, 11) is 0. The van der Waals surface area contributed by atoms with Crippen molar-refractivity contribution in [3.8, 4) is 0 Å². The number of halogens is 1. The quantitative estimate of drug-likeness (QED) is 0.825. The molecule has 0 spiro atoms. The highest BCUT2D eigenvalue weighted by Crippen LogP contribution is 2.16. The van der Waals surface area contributed by atoms with Crippen molar-refractivity contribution < 1.29 is 0 Å². The van der Waals surface area contributed by atoms with Gasteiger partial charge >= 0.3 is 0 Å². The maximum atomic E-state index is 5.45. The molecular weight excluding hydrogens is 230 g/mol. The molecule has 0 aliphatic heterocycles. The maximum absolute atomic E-state index is 5.45. The Morgan fingerprint density at radius 3 is 2.69 bits per heavy atom. The molecule has 0 unspecified atom stereocenters. The molecule has 0 saturated heterocycles. The fraction of sp³-hybridized carbons (Fsp3) is 0.556. The van der Waals surface area contributed by atoms with Gasteiger partial charge in [-0.25, -0.2) is 9.97 Å². The van der Waals surface area contributed by atoms with E-state index < -0.39 is 0 Å². The van der Waals surface area contributed by atoms with Crippen molar-refractivity contribution in [1.82, 2.24) is 9.97 Å². The van der Waals surface area contributed by atoms with Gasteiger partial charge in [-0.2, -0.15) is 0 Å². The highest BCUT2D eigenvalue weighted by atomic mass is 79.9. The standard InChI is InChI=1S/C9H14BrN3/c1-6(2)9-12-5-7(3-4-11)8(10)13-9/h5-6H,3-4,11H2,1-2H3. The van der Waals surface area contributed by atoms with Crippen LogP contribution in [0.25, 0.3) is 0 Å². The van der Waals surface area contributed by atoms with Crippen LogP contribution in [-0.2, 0) is 6.42 Å². The summed E-state index contributed by atoms with van der Waals surface area (Å²) >= 11 is 3.41. The van der Waals surface area contributed by atoms with E-state index in [1.165, 1.54) is 0 Å². The summed E-state index contributed by atoms with van der Waals surface area (Å²) in [5.74, 6) is 1.23. The Hall–Kier alpha value is -0.480. The van der Waals surface area contributed by atoms with E-state index in [1.807, 2.05) is 6.20 Å². The van der Waals surface area contributed by atoms with Crippen molar-refractivity contribution in [3.63, 3.8) is 0 Å². The van der Waals surface area contributed by atoms with Gasteiger partial charge in [0.2, 0.25) is 0 Å². The third kappa shape index (κ3) is 2.74. The fourth-order valence-corrected chi connectivity index (χ4v) is 1.48. The van der Waals surface area contributed by atoms with E-state index in [1.54, 1.807) is 0 Å². The lowest BCUT2D eigenvalue weighted by molar-refractivity contribution is 0.759. The first-order valence-electron chi connectivity index (χ1n) is 4.36. The molecule has 0 aromatic carbocycles. The Morgan fingerprint density at radius 2 is 2.23 bits per heavy atom. The molecule has 0 aliphatic carbocycles. The van der Waals surface area contributed by atoms with Crippen LogP contribution in [0.3, 0.4) is 0 Å². The first-order chi connectivity index (χ1) is 6.15. The van der Waals surface area contributed by atoms with Crippen molar-refractivity contribution >= 4 is 15.9 Å². The number of nitrogens with two attached hydrogens (primary N) is 1. The summed E-state index contributed by atoms with van der Waals surface area (Å²) in [5.41, 5.74) is 6.53. The predicted molar refractivity (Wildman–Crippen MR) is 56.6 cm³/mol. The lowest BCUT2D eigenvalue weighted by atomic mass is 10.2. The van der Waals surface area contributed by atoms with Gasteiger partial charge in [-0.15, -0.1) is 0 Å². The van der Waals surface area contributed by atoms with Gasteiger partial charge in [0.15, 0.2) is 0 Å². The summed E-state index contributed by atoms with van der Waals surface area (Å²) < 4.78 is 0.872. The number of nitrogens with zero attached hydrogens (tertiary/aromatic N) is 2. The number of hydrogen-bond donors (Lipinski definition) is 1. The van der Waals surface area contributed by atoms with Gasteiger partial charge in [0.05, 0.1) is 0 Å². The SMILES string of the molecule is CC(C)c1ncc(CCN)c(Br)n1. The fourth-order valence-electron chi connectivity index (χ4n) is 1.000. The van der Waals surface area contributed by atoms with Gasteiger partial charge in [0.1, 0.15) is 10.4 Å². The van der Waals surface area contributed by atoms with E-state index in [-0.39, 0.29) is 0 Å². The van der Waals surface area contributed by atoms with Crippen LogP contribution < -0.4 is 5.73 Å². The minimum absolute atomic E-state index is 0.364. The molecule has 0 aliphatic rings. The zero-order valence-electron chi connectivity index (χ0n) is 7.92. The van der Waals surface area contributed by atoms with Crippen LogP contribution in [0.5, 0.6) is 0 Å². The molecule has 0 atom stereocenters. The summed E-state index contributed by atoms with van der Waals surface area (Å²) in [6.07, 6.45) is 2.66. The molecule has 1 aromatic heterocycles. The molecule has 0 saturated carbocycles. The lowest BCUT2D eigenvalue weighted by Crippen LogP contribution is -2.06. The van der Waals surface area contributed by atoms with Crippen LogP contribution in [0.15, 0.2) is 10.8 Å². The first kappa shape index (κ1) is 10.6. The van der Waals surface area contributed by atoms with Crippen LogP contribution in [0.4, 0.5) is 0 Å². The number of aromatic nitrogens is 2. The predicted octanol–water partition coefficient (Wildman–Crippen LogP) is 1.86. The smallest absolute Gasteiger partial charge is 0.132 e. The van der Waals surface area contributed by atoms with Crippen molar-refractivity contribution in [2.24, 2.45) is 5.73 Å². The second kappa shape index (κ2) is 4.67. The molecule has 72 valence electrons. The van der Waals surface area contributed by atoms with E-state index in [9.17, 15) is 0 Å². The van der Waals surface area contributed by atoms with Crippen LogP contribution >= 0.6 is 15.9 Å². The van der Waals surface area contributed by atoms with E-state index >= 15 is 0 Å². The van der Waals surface area contributed by atoms with Gasteiger partial charge in [0.25, 0.3) is 0 Å². The average Bonchev–Trinajstić information content (AvgIpc) is 2.08. The lowest BCUT2D eigenvalue weighted by Gasteiger charge is -2.06. The highest BCUT2D eigenvalue weighted by molar-refractivity contribution is 9.10. The largest absolute Gasteiger partial charge is 0.330 e. The number of rotatable bonds is 3. The van der Waals surface area contributed by atoms with Crippen LogP contribution in [0.2, 0.25) is 0 Å². The molecule has 3 nitrogen and oxygen atoms in total. The molecule has 4 heteroatoms. The molecule has 1 aromatic rings. The Balaban J connectivity index is 2.92. The molecule has 13 heavy (non-hydrogen) atoms. The third-order valence-corrected chi connectivity index (χ3v) is 2.45. The molecule has 1 rings (SSSR count). The van der Waals surface area contributed by atoms with Gasteiger partial charge < -0.3 is 5.73 Å². The van der Waals surface area contributed by atoms with Crippen molar-refractivity contribution in [3.05, 3.63) is 22.2 Å². The summed E-state index contributed by atoms with van der Waals surface area (Å²) in [4.78, 5) is 8.60. The summed E-state index contributed by atoms with van der Waals surface area (Å²) in [6.45, 7) is 4.78. The number of hydrogen-bond acceptors (Lipinski definition) is 3. The molecule has 0 amide bonds. The second-order valence-electron chi connectivity index (χ2n) is 3.24. The third-order valence-electron chi connectivity index (χ3n) is 1.76. The van der Waals surface area contributed by atoms with Crippen LogP contribution in [-0.4, -0.2) is 16.5 Å². The Bertz CT molecular complexity index is 286. The van der Waals surface area contributed by atoms with Crippen LogP contribution in [0.1, 0.15) is 31.2 Å². The molecule has 0 bridgehead atoms. The topological polar surface area (TPSA) is 51.8 Å². The van der Waals surface area contributed by atoms with E-state index in [0.29, 0.717) is 12.5 Å². The Labute approximate surface area is 86.9 Å². The van der Waals surface area contributed by atoms with E-state index in [4.69, 9.17) is 5.73 Å². The first-order valence-corrected chi connectivity index (χ1v) is 5.15. The molecule has 0 radical (unpaired) electrons. The van der Waals surface area contributed by atoms with Gasteiger partial charge in [-0.3, -0.25) is 0 Å². The summed E-state index contributed by atoms with van der Waals surface area (Å²) in [6, 6.07) is 0. The van der Waals surface area contributed by atoms with Crippen molar-refractivity contribution in [2.45, 2.75) is 26.2 Å². The summed E-state index contributed by atoms with van der Waals surface area (Å²) in [5, 5.41) is 0. The molecule has 1 heterocycles. The van der Waals surface area contributed by atoms with Crippen molar-refractivity contribution in [2.75, 3.05) is 6.54 Å². The minimum Gasteiger partial charge on any atom is -0.330 e. The Kier molecular flexibility index (Phi) is 3.81. The van der Waals surface area contributed by atoms with Crippen LogP contribution in [0, 0.1) is 0 Å². The van der Waals surface area contributed by atoms with Crippen molar-refractivity contribution in [1.29, 1.82) is 0 Å². The van der Waals surface area contributed by atoms with E-state index in [2.05, 4.69) is 39.7 Å². The zero-order chi connectivity index (χ0) is 9.84. The molecule has 2 N–H and O–H groups in total. The maximum Gasteiger partial charge on any atom is 0.132 e. The highest BCUT2D eigenvalue weighted by Gasteiger charge is 2.06. The average molecular weight is 244 g/mol. The van der Waals surface area contributed by atoms with E-state index in [0.717, 1.165) is 22.4 Å². The monoisotopic (exact) mass is 243 g/mol. The Morgan fingerprint density at radius 1 is 1.54 bits per heavy atom.